The fraction of sp³-hybridized carbons (Fsp3) is 0.333. The van der Waals surface area contributed by atoms with Crippen LogP contribution in [0.2, 0.25) is 0 Å². The first-order valence-corrected chi connectivity index (χ1v) is 9.17. The third-order valence-corrected chi connectivity index (χ3v) is 4.66. The number of carbonyl (C=O) groups is 2. The number of nitrogens with zero attached hydrogens (tertiary/aromatic N) is 1. The van der Waals surface area contributed by atoms with Crippen molar-refractivity contribution in [2.45, 2.75) is 31.9 Å². The predicted octanol–water partition coefficient (Wildman–Crippen LogP) is 2.32. The van der Waals surface area contributed by atoms with Gasteiger partial charge in [0.25, 0.3) is 0 Å². The molecule has 0 aromatic heterocycles. The summed E-state index contributed by atoms with van der Waals surface area (Å²) in [5, 5.41) is 15.6. The number of aryl methyl sites for hydroxylation is 1. The molecule has 2 aromatic carbocycles. The highest BCUT2D eigenvalue weighted by atomic mass is 16.3. The Labute approximate surface area is 159 Å². The third-order valence-electron chi connectivity index (χ3n) is 4.66. The summed E-state index contributed by atoms with van der Waals surface area (Å²) in [6.45, 7) is 2.67. The molecule has 3 amide bonds. The lowest BCUT2D eigenvalue weighted by Gasteiger charge is -2.24. The summed E-state index contributed by atoms with van der Waals surface area (Å²) in [6.07, 6.45) is 0.274. The minimum absolute atomic E-state index is 0.147. The predicted molar refractivity (Wildman–Crippen MR) is 104 cm³/mol. The molecule has 1 aliphatic rings. The van der Waals surface area contributed by atoms with Crippen molar-refractivity contribution in [1.82, 2.24) is 10.2 Å². The average Bonchev–Trinajstić information content (AvgIpc) is 3.05. The molecule has 6 nitrogen and oxygen atoms in total. The molecule has 0 unspecified atom stereocenters. The van der Waals surface area contributed by atoms with Gasteiger partial charge in [-0.05, 0) is 31.0 Å². The van der Waals surface area contributed by atoms with E-state index in [-0.39, 0.29) is 24.9 Å². The number of β-amino-alcohol motifs (C(OH)–C–C–N with tert-alkyl or cyclic N) is 1. The summed E-state index contributed by atoms with van der Waals surface area (Å²) < 4.78 is 0. The van der Waals surface area contributed by atoms with Crippen molar-refractivity contribution < 1.29 is 14.7 Å². The van der Waals surface area contributed by atoms with Crippen molar-refractivity contribution in [2.75, 3.05) is 18.4 Å². The summed E-state index contributed by atoms with van der Waals surface area (Å²) in [6, 6.07) is 16.2. The smallest absolute Gasteiger partial charge is 0.322 e. The number of benzene rings is 2. The molecule has 142 valence electrons. The standard InChI is InChI=1S/C21H25N3O3/c1-15-6-5-7-16(12-15)10-11-22-20(26)19-13-18(25)14-24(19)21(27)23-17-8-3-2-4-9-17/h2-9,12,18-19,25H,10-11,13-14H2,1H3,(H,22,26)(H,23,27)/t18-,19+/m0/s1. The van der Waals surface area contributed by atoms with Gasteiger partial charge in [0.05, 0.1) is 6.10 Å². The van der Waals surface area contributed by atoms with Crippen molar-refractivity contribution >= 4 is 17.6 Å². The molecular weight excluding hydrogens is 342 g/mol. The van der Waals surface area contributed by atoms with Crippen molar-refractivity contribution in [3.8, 4) is 0 Å². The van der Waals surface area contributed by atoms with Crippen LogP contribution in [0.5, 0.6) is 0 Å². The van der Waals surface area contributed by atoms with E-state index in [0.29, 0.717) is 12.2 Å². The first kappa shape index (κ1) is 18.9. The van der Waals surface area contributed by atoms with Gasteiger partial charge in [0.1, 0.15) is 6.04 Å². The highest BCUT2D eigenvalue weighted by Crippen LogP contribution is 2.20. The van der Waals surface area contributed by atoms with Crippen LogP contribution in [0.4, 0.5) is 10.5 Å². The lowest BCUT2D eigenvalue weighted by Crippen LogP contribution is -2.47. The van der Waals surface area contributed by atoms with Crippen LogP contribution >= 0.6 is 0 Å². The van der Waals surface area contributed by atoms with Crippen LogP contribution in [0.15, 0.2) is 54.6 Å². The maximum absolute atomic E-state index is 12.6. The van der Waals surface area contributed by atoms with E-state index in [2.05, 4.69) is 16.7 Å². The van der Waals surface area contributed by atoms with Gasteiger partial charge >= 0.3 is 6.03 Å². The second kappa shape index (κ2) is 8.68. The molecule has 0 aliphatic carbocycles. The Morgan fingerprint density at radius 2 is 1.93 bits per heavy atom. The van der Waals surface area contributed by atoms with Crippen LogP contribution in [0.3, 0.4) is 0 Å². The van der Waals surface area contributed by atoms with Gasteiger partial charge in [-0.1, -0.05) is 48.0 Å². The van der Waals surface area contributed by atoms with Crippen LogP contribution in [0, 0.1) is 6.92 Å². The van der Waals surface area contributed by atoms with Crippen LogP contribution in [-0.4, -0.2) is 47.2 Å². The number of nitrogens with one attached hydrogen (secondary N) is 2. The number of aliphatic hydroxyl groups is 1. The number of anilines is 1. The molecule has 6 heteroatoms. The molecule has 3 rings (SSSR count). The fourth-order valence-corrected chi connectivity index (χ4v) is 3.32. The summed E-state index contributed by atoms with van der Waals surface area (Å²) in [7, 11) is 0. The molecule has 0 saturated carbocycles. The number of rotatable bonds is 5. The van der Waals surface area contributed by atoms with Gasteiger partial charge in [-0.25, -0.2) is 4.79 Å². The number of urea groups is 1. The molecule has 2 aromatic rings. The fourth-order valence-electron chi connectivity index (χ4n) is 3.32. The zero-order chi connectivity index (χ0) is 19.2. The van der Waals surface area contributed by atoms with E-state index in [9.17, 15) is 14.7 Å². The van der Waals surface area contributed by atoms with Gasteiger partial charge in [0.2, 0.25) is 5.91 Å². The quantitative estimate of drug-likeness (QED) is 0.759. The molecule has 27 heavy (non-hydrogen) atoms. The molecule has 1 fully saturated rings. The molecule has 3 N–H and O–H groups in total. The SMILES string of the molecule is Cc1cccc(CCNC(=O)[C@H]2C[C@H](O)CN2C(=O)Nc2ccccc2)c1. The zero-order valence-electron chi connectivity index (χ0n) is 15.4. The lowest BCUT2D eigenvalue weighted by molar-refractivity contribution is -0.124. The van der Waals surface area contributed by atoms with Gasteiger partial charge in [-0.15, -0.1) is 0 Å². The van der Waals surface area contributed by atoms with Gasteiger partial charge in [-0.3, -0.25) is 4.79 Å². The van der Waals surface area contributed by atoms with E-state index in [1.54, 1.807) is 12.1 Å². The third kappa shape index (κ3) is 5.08. The second-order valence-electron chi connectivity index (χ2n) is 6.88. The maximum atomic E-state index is 12.6. The summed E-state index contributed by atoms with van der Waals surface area (Å²) in [4.78, 5) is 26.5. The van der Waals surface area contributed by atoms with Crippen molar-refractivity contribution in [3.05, 3.63) is 65.7 Å². The summed E-state index contributed by atoms with van der Waals surface area (Å²) >= 11 is 0. The monoisotopic (exact) mass is 367 g/mol. The van der Waals surface area contributed by atoms with Crippen molar-refractivity contribution in [2.24, 2.45) is 0 Å². The number of carbonyl (C=O) groups excluding carboxylic acids is 2. The van der Waals surface area contributed by atoms with Crippen LogP contribution in [0.25, 0.3) is 0 Å². The minimum Gasteiger partial charge on any atom is -0.391 e. The Balaban J connectivity index is 1.56. The maximum Gasteiger partial charge on any atom is 0.322 e. The van der Waals surface area contributed by atoms with Gasteiger partial charge in [0, 0.05) is 25.2 Å². The van der Waals surface area contributed by atoms with Crippen LogP contribution in [0.1, 0.15) is 17.5 Å². The van der Waals surface area contributed by atoms with E-state index >= 15 is 0 Å². The summed E-state index contributed by atoms with van der Waals surface area (Å²) in [5.41, 5.74) is 2.99. The zero-order valence-corrected chi connectivity index (χ0v) is 15.4. The first-order valence-electron chi connectivity index (χ1n) is 9.17. The van der Waals surface area contributed by atoms with Crippen molar-refractivity contribution in [1.29, 1.82) is 0 Å². The molecule has 1 saturated heterocycles. The normalized spacial score (nSPS) is 19.0. The Kier molecular flexibility index (Phi) is 6.08. The van der Waals surface area contributed by atoms with E-state index < -0.39 is 12.1 Å². The number of aliphatic hydroxyl groups excluding tert-OH is 1. The number of hydrogen-bond donors (Lipinski definition) is 3. The Hall–Kier alpha value is -2.86. The minimum atomic E-state index is -0.695. The van der Waals surface area contributed by atoms with E-state index in [1.165, 1.54) is 10.5 Å². The molecule has 0 spiro atoms. The lowest BCUT2D eigenvalue weighted by atomic mass is 10.1. The van der Waals surface area contributed by atoms with Gasteiger partial charge in [-0.2, -0.15) is 0 Å². The second-order valence-corrected chi connectivity index (χ2v) is 6.88. The van der Waals surface area contributed by atoms with E-state index in [1.807, 2.05) is 43.3 Å². The van der Waals surface area contributed by atoms with E-state index in [4.69, 9.17) is 0 Å². The van der Waals surface area contributed by atoms with Crippen molar-refractivity contribution in [3.63, 3.8) is 0 Å². The molecular formula is C21H25N3O3. The largest absolute Gasteiger partial charge is 0.391 e. The van der Waals surface area contributed by atoms with Crippen LogP contribution in [-0.2, 0) is 11.2 Å². The molecule has 1 heterocycles. The molecule has 2 atom stereocenters. The first-order chi connectivity index (χ1) is 13.0. The topological polar surface area (TPSA) is 81.7 Å². The average molecular weight is 367 g/mol. The van der Waals surface area contributed by atoms with Gasteiger partial charge in [0.15, 0.2) is 0 Å². The molecule has 0 radical (unpaired) electrons. The number of likely N-dealkylation sites (tertiary alicyclic amines) is 1. The number of para-hydroxylation sites is 1. The molecule has 1 aliphatic heterocycles. The Morgan fingerprint density at radius 3 is 2.67 bits per heavy atom. The summed E-state index contributed by atoms with van der Waals surface area (Å²) in [5.74, 6) is -0.234. The van der Waals surface area contributed by atoms with E-state index in [0.717, 1.165) is 12.0 Å². The Morgan fingerprint density at radius 1 is 1.15 bits per heavy atom. The highest BCUT2D eigenvalue weighted by molar-refractivity contribution is 5.94. The van der Waals surface area contributed by atoms with Crippen LogP contribution < -0.4 is 10.6 Å². The Bertz CT molecular complexity index is 794. The van der Waals surface area contributed by atoms with Gasteiger partial charge < -0.3 is 20.6 Å². The number of amides is 3. The highest BCUT2D eigenvalue weighted by Gasteiger charge is 2.38. The number of hydrogen-bond acceptors (Lipinski definition) is 3. The molecule has 0 bridgehead atoms.